The standard InChI is InChI=1S/C13H19N3O4/c1-3-13(18,4-2)8-15-10-7-9(12(14)17)5-6-11(10)16(19)20/h5-7,15,18H,3-4,8H2,1-2H3,(H2,14,17). The average Bonchev–Trinajstić information content (AvgIpc) is 2.44. The number of amides is 1. The lowest BCUT2D eigenvalue weighted by atomic mass is 9.97. The molecule has 7 heteroatoms. The molecule has 1 aromatic rings. The van der Waals surface area contributed by atoms with Crippen molar-refractivity contribution in [2.75, 3.05) is 11.9 Å². The Morgan fingerprint density at radius 2 is 2.05 bits per heavy atom. The fourth-order valence-electron chi connectivity index (χ4n) is 1.75. The Bertz CT molecular complexity index is 512. The molecular formula is C13H19N3O4. The van der Waals surface area contributed by atoms with Crippen molar-refractivity contribution < 1.29 is 14.8 Å². The third-order valence-electron chi connectivity index (χ3n) is 3.40. The summed E-state index contributed by atoms with van der Waals surface area (Å²) >= 11 is 0. The van der Waals surface area contributed by atoms with E-state index in [1.807, 2.05) is 13.8 Å². The van der Waals surface area contributed by atoms with Crippen LogP contribution < -0.4 is 11.1 Å². The normalized spacial score (nSPS) is 11.2. The van der Waals surface area contributed by atoms with Crippen LogP contribution in [0.4, 0.5) is 11.4 Å². The van der Waals surface area contributed by atoms with Crippen LogP contribution in [-0.4, -0.2) is 28.1 Å². The molecule has 7 nitrogen and oxygen atoms in total. The molecule has 0 aliphatic rings. The number of nitro benzene ring substituents is 1. The molecule has 0 aromatic heterocycles. The number of hydrogen-bond acceptors (Lipinski definition) is 5. The SMILES string of the molecule is CCC(O)(CC)CNc1cc(C(N)=O)ccc1[N+](=O)[O-]. The number of carbonyl (C=O) groups is 1. The molecule has 1 amide bonds. The van der Waals surface area contributed by atoms with Gasteiger partial charge in [0.25, 0.3) is 5.69 Å². The summed E-state index contributed by atoms with van der Waals surface area (Å²) in [5.74, 6) is -0.663. The number of anilines is 1. The summed E-state index contributed by atoms with van der Waals surface area (Å²) in [6, 6.07) is 3.85. The van der Waals surface area contributed by atoms with Crippen LogP contribution >= 0.6 is 0 Å². The minimum absolute atomic E-state index is 0.156. The van der Waals surface area contributed by atoms with Crippen LogP contribution in [0.25, 0.3) is 0 Å². The molecule has 4 N–H and O–H groups in total. The van der Waals surface area contributed by atoms with E-state index in [2.05, 4.69) is 5.32 Å². The van der Waals surface area contributed by atoms with Gasteiger partial charge in [0.1, 0.15) is 5.69 Å². The fraction of sp³-hybridized carbons (Fsp3) is 0.462. The number of aliphatic hydroxyl groups is 1. The largest absolute Gasteiger partial charge is 0.388 e. The van der Waals surface area contributed by atoms with Gasteiger partial charge in [0, 0.05) is 18.2 Å². The summed E-state index contributed by atoms with van der Waals surface area (Å²) in [5, 5.41) is 24.0. The van der Waals surface area contributed by atoms with Gasteiger partial charge in [-0.2, -0.15) is 0 Å². The van der Waals surface area contributed by atoms with Gasteiger partial charge in [-0.05, 0) is 25.0 Å². The van der Waals surface area contributed by atoms with Crippen LogP contribution in [0.5, 0.6) is 0 Å². The lowest BCUT2D eigenvalue weighted by molar-refractivity contribution is -0.384. The number of primary amides is 1. The zero-order valence-corrected chi connectivity index (χ0v) is 11.5. The molecule has 0 aliphatic carbocycles. The van der Waals surface area contributed by atoms with Gasteiger partial charge >= 0.3 is 0 Å². The molecule has 0 saturated heterocycles. The molecule has 0 fully saturated rings. The second-order valence-corrected chi connectivity index (χ2v) is 4.64. The minimum atomic E-state index is -0.948. The topological polar surface area (TPSA) is 118 Å². The van der Waals surface area contributed by atoms with E-state index in [9.17, 15) is 20.0 Å². The molecule has 0 spiro atoms. The summed E-state index contributed by atoms with van der Waals surface area (Å²) in [7, 11) is 0. The minimum Gasteiger partial charge on any atom is -0.388 e. The second kappa shape index (κ2) is 6.33. The van der Waals surface area contributed by atoms with Gasteiger partial charge in [0.2, 0.25) is 5.91 Å². The maximum Gasteiger partial charge on any atom is 0.292 e. The molecule has 0 aliphatic heterocycles. The van der Waals surface area contributed by atoms with Crippen LogP contribution in [0.15, 0.2) is 18.2 Å². The maximum atomic E-state index is 11.1. The van der Waals surface area contributed by atoms with E-state index < -0.39 is 16.4 Å². The summed E-state index contributed by atoms with van der Waals surface area (Å²) in [6.07, 6.45) is 1.03. The molecule has 0 atom stereocenters. The van der Waals surface area contributed by atoms with Crippen molar-refractivity contribution in [3.63, 3.8) is 0 Å². The first-order valence-corrected chi connectivity index (χ1v) is 6.37. The van der Waals surface area contributed by atoms with Crippen molar-refractivity contribution in [3.05, 3.63) is 33.9 Å². The van der Waals surface area contributed by atoms with Crippen LogP contribution in [0.2, 0.25) is 0 Å². The first-order chi connectivity index (χ1) is 9.33. The summed E-state index contributed by atoms with van der Waals surface area (Å²) in [5.41, 5.74) is 4.40. The highest BCUT2D eigenvalue weighted by atomic mass is 16.6. The van der Waals surface area contributed by atoms with Crippen molar-refractivity contribution in [1.82, 2.24) is 0 Å². The summed E-state index contributed by atoms with van der Waals surface area (Å²) in [4.78, 5) is 21.5. The number of nitrogens with one attached hydrogen (secondary N) is 1. The fourth-order valence-corrected chi connectivity index (χ4v) is 1.75. The van der Waals surface area contributed by atoms with Gasteiger partial charge in [-0.15, -0.1) is 0 Å². The highest BCUT2D eigenvalue weighted by Crippen LogP contribution is 2.26. The zero-order chi connectivity index (χ0) is 15.3. The van der Waals surface area contributed by atoms with Crippen LogP contribution in [0.1, 0.15) is 37.0 Å². The van der Waals surface area contributed by atoms with E-state index in [0.717, 1.165) is 0 Å². The number of nitrogens with zero attached hydrogens (tertiary/aromatic N) is 1. The summed E-state index contributed by atoms with van der Waals surface area (Å²) < 4.78 is 0. The van der Waals surface area contributed by atoms with Crippen molar-refractivity contribution in [1.29, 1.82) is 0 Å². The number of rotatable bonds is 7. The van der Waals surface area contributed by atoms with E-state index in [4.69, 9.17) is 5.73 Å². The number of benzene rings is 1. The van der Waals surface area contributed by atoms with Crippen molar-refractivity contribution in [2.24, 2.45) is 5.73 Å². The lowest BCUT2D eigenvalue weighted by Crippen LogP contribution is -2.35. The molecule has 1 rings (SSSR count). The van der Waals surface area contributed by atoms with Crippen molar-refractivity contribution in [3.8, 4) is 0 Å². The first-order valence-electron chi connectivity index (χ1n) is 6.37. The Morgan fingerprint density at radius 3 is 2.50 bits per heavy atom. The number of hydrogen-bond donors (Lipinski definition) is 3. The molecule has 0 heterocycles. The second-order valence-electron chi connectivity index (χ2n) is 4.64. The van der Waals surface area contributed by atoms with Gasteiger partial charge in [0.15, 0.2) is 0 Å². The third kappa shape index (κ3) is 3.67. The molecule has 0 saturated carbocycles. The van der Waals surface area contributed by atoms with E-state index in [0.29, 0.717) is 12.8 Å². The van der Waals surface area contributed by atoms with Gasteiger partial charge in [0.05, 0.1) is 10.5 Å². The van der Waals surface area contributed by atoms with Crippen LogP contribution in [0.3, 0.4) is 0 Å². The van der Waals surface area contributed by atoms with E-state index in [1.165, 1.54) is 18.2 Å². The van der Waals surface area contributed by atoms with Gasteiger partial charge in [-0.3, -0.25) is 14.9 Å². The molecule has 0 unspecified atom stereocenters. The van der Waals surface area contributed by atoms with Crippen LogP contribution in [0, 0.1) is 10.1 Å². The Morgan fingerprint density at radius 1 is 1.45 bits per heavy atom. The maximum absolute atomic E-state index is 11.1. The average molecular weight is 281 g/mol. The van der Waals surface area contributed by atoms with E-state index >= 15 is 0 Å². The predicted molar refractivity (Wildman–Crippen MR) is 75.6 cm³/mol. The van der Waals surface area contributed by atoms with Gasteiger partial charge in [-0.1, -0.05) is 13.8 Å². The molecule has 0 radical (unpaired) electrons. The smallest absolute Gasteiger partial charge is 0.292 e. The van der Waals surface area contributed by atoms with E-state index in [1.54, 1.807) is 0 Å². The molecule has 20 heavy (non-hydrogen) atoms. The zero-order valence-electron chi connectivity index (χ0n) is 11.5. The number of nitrogens with two attached hydrogens (primary N) is 1. The first kappa shape index (κ1) is 15.9. The Hall–Kier alpha value is -2.15. The molecule has 110 valence electrons. The van der Waals surface area contributed by atoms with Crippen molar-refractivity contribution in [2.45, 2.75) is 32.3 Å². The predicted octanol–water partition coefficient (Wildman–Crippen LogP) is 1.66. The summed E-state index contributed by atoms with van der Waals surface area (Å²) in [6.45, 7) is 3.82. The molecule has 1 aromatic carbocycles. The molecule has 0 bridgehead atoms. The number of carbonyl (C=O) groups excluding carboxylic acids is 1. The quantitative estimate of drug-likeness (QED) is 0.518. The third-order valence-corrected chi connectivity index (χ3v) is 3.40. The lowest BCUT2D eigenvalue weighted by Gasteiger charge is -2.25. The van der Waals surface area contributed by atoms with Crippen LogP contribution in [-0.2, 0) is 0 Å². The van der Waals surface area contributed by atoms with Gasteiger partial charge < -0.3 is 16.2 Å². The van der Waals surface area contributed by atoms with Crippen molar-refractivity contribution >= 4 is 17.3 Å². The van der Waals surface area contributed by atoms with Gasteiger partial charge in [-0.25, -0.2) is 0 Å². The highest BCUT2D eigenvalue weighted by Gasteiger charge is 2.24. The Kier molecular flexibility index (Phi) is 5.04. The number of nitro groups is 1. The Labute approximate surface area is 116 Å². The van der Waals surface area contributed by atoms with E-state index in [-0.39, 0.29) is 23.5 Å². The molecular weight excluding hydrogens is 262 g/mol. The Balaban J connectivity index is 3.05. The monoisotopic (exact) mass is 281 g/mol. The highest BCUT2D eigenvalue weighted by molar-refractivity contribution is 5.94.